The molecule has 0 saturated carbocycles. The summed E-state index contributed by atoms with van der Waals surface area (Å²) in [4.78, 5) is 17.3. The molecular weight excluding hydrogens is 292 g/mol. The van der Waals surface area contributed by atoms with Gasteiger partial charge in [-0.3, -0.25) is 4.79 Å². The van der Waals surface area contributed by atoms with Crippen molar-refractivity contribution in [2.24, 2.45) is 5.73 Å². The Kier molecular flexibility index (Phi) is 4.18. The molecule has 2 heterocycles. The average Bonchev–Trinajstić information content (AvgIpc) is 2.96. The Bertz CT molecular complexity index is 694. The first-order chi connectivity index (χ1) is 9.43. The van der Waals surface area contributed by atoms with Gasteiger partial charge in [0, 0.05) is 10.3 Å². The Hall–Kier alpha value is -1.75. The van der Waals surface area contributed by atoms with Gasteiger partial charge in [-0.2, -0.15) is 5.26 Å². The lowest BCUT2D eigenvalue weighted by molar-refractivity contribution is 0.102. The summed E-state index contributed by atoms with van der Waals surface area (Å²) >= 11 is 2.75. The van der Waals surface area contributed by atoms with Gasteiger partial charge >= 0.3 is 0 Å². The highest BCUT2D eigenvalue weighted by Gasteiger charge is 2.17. The molecule has 1 atom stereocenters. The predicted molar refractivity (Wildman–Crippen MR) is 81.2 cm³/mol. The molecule has 5 nitrogen and oxygen atoms in total. The maximum absolute atomic E-state index is 12.1. The lowest BCUT2D eigenvalue weighted by atomic mass is 10.2. The number of nitrogens with two attached hydrogens (primary N) is 1. The zero-order chi connectivity index (χ0) is 14.9. The van der Waals surface area contributed by atoms with Crippen molar-refractivity contribution < 1.29 is 4.79 Å². The molecule has 2 aromatic heterocycles. The lowest BCUT2D eigenvalue weighted by Gasteiger charge is -2.01. The highest BCUT2D eigenvalue weighted by atomic mass is 32.1. The van der Waals surface area contributed by atoms with Crippen molar-refractivity contribution in [3.8, 4) is 6.07 Å². The molecule has 0 aliphatic carbocycles. The fraction of sp³-hybridized carbons (Fsp3) is 0.308. The fourth-order valence-corrected chi connectivity index (χ4v) is 3.38. The quantitative estimate of drug-likeness (QED) is 0.912. The van der Waals surface area contributed by atoms with Crippen molar-refractivity contribution in [2.45, 2.75) is 26.8 Å². The van der Waals surface area contributed by atoms with Crippen LogP contribution in [0.15, 0.2) is 5.38 Å². The maximum Gasteiger partial charge on any atom is 0.275 e. The summed E-state index contributed by atoms with van der Waals surface area (Å²) in [6.45, 7) is 5.62. The Morgan fingerprint density at radius 3 is 2.80 bits per heavy atom. The number of aromatic nitrogens is 1. The van der Waals surface area contributed by atoms with E-state index in [4.69, 9.17) is 11.0 Å². The number of carbonyl (C=O) groups excluding carboxylic acids is 1. The van der Waals surface area contributed by atoms with Crippen LogP contribution in [-0.4, -0.2) is 10.9 Å². The van der Waals surface area contributed by atoms with E-state index in [1.165, 1.54) is 22.7 Å². The summed E-state index contributed by atoms with van der Waals surface area (Å²) in [5.41, 5.74) is 7.47. The van der Waals surface area contributed by atoms with Gasteiger partial charge < -0.3 is 11.1 Å². The van der Waals surface area contributed by atoms with E-state index in [9.17, 15) is 4.79 Å². The molecule has 0 saturated heterocycles. The molecule has 0 spiro atoms. The Morgan fingerprint density at radius 2 is 2.25 bits per heavy atom. The third kappa shape index (κ3) is 2.72. The minimum atomic E-state index is -0.314. The van der Waals surface area contributed by atoms with Crippen molar-refractivity contribution in [1.82, 2.24) is 4.98 Å². The minimum Gasteiger partial charge on any atom is -0.322 e. The molecule has 0 aromatic carbocycles. The van der Waals surface area contributed by atoms with Crippen molar-refractivity contribution in [2.75, 3.05) is 5.32 Å². The number of aryl methyl sites for hydroxylation is 1. The van der Waals surface area contributed by atoms with E-state index in [0.717, 1.165) is 10.4 Å². The van der Waals surface area contributed by atoms with Gasteiger partial charge in [0.25, 0.3) is 5.91 Å². The van der Waals surface area contributed by atoms with E-state index in [2.05, 4.69) is 16.4 Å². The van der Waals surface area contributed by atoms with Crippen LogP contribution in [0, 0.1) is 25.2 Å². The van der Waals surface area contributed by atoms with E-state index in [0.29, 0.717) is 21.3 Å². The molecule has 104 valence electrons. The topological polar surface area (TPSA) is 91.8 Å². The summed E-state index contributed by atoms with van der Waals surface area (Å²) in [5.74, 6) is -0.314. The van der Waals surface area contributed by atoms with E-state index >= 15 is 0 Å². The molecule has 0 aliphatic heterocycles. The maximum atomic E-state index is 12.1. The van der Waals surface area contributed by atoms with Gasteiger partial charge in [0.2, 0.25) is 0 Å². The number of nitriles is 1. The van der Waals surface area contributed by atoms with Crippen LogP contribution in [0.25, 0.3) is 0 Å². The molecular formula is C13H14N4OS2. The number of hydrogen-bond acceptors (Lipinski definition) is 6. The van der Waals surface area contributed by atoms with Gasteiger partial charge in [-0.05, 0) is 26.3 Å². The van der Waals surface area contributed by atoms with Crippen molar-refractivity contribution in [3.05, 3.63) is 32.1 Å². The number of thiophene rings is 1. The molecule has 1 unspecified atom stereocenters. The molecule has 0 fully saturated rings. The molecule has 20 heavy (non-hydrogen) atoms. The monoisotopic (exact) mass is 306 g/mol. The van der Waals surface area contributed by atoms with Crippen LogP contribution in [0.5, 0.6) is 0 Å². The Balaban J connectivity index is 2.24. The van der Waals surface area contributed by atoms with Gasteiger partial charge in [0.1, 0.15) is 21.8 Å². The first-order valence-electron chi connectivity index (χ1n) is 5.96. The zero-order valence-electron chi connectivity index (χ0n) is 11.4. The summed E-state index contributed by atoms with van der Waals surface area (Å²) in [6, 6.07) is 1.93. The van der Waals surface area contributed by atoms with Gasteiger partial charge in [-0.15, -0.1) is 22.7 Å². The third-order valence-corrected chi connectivity index (χ3v) is 5.04. The molecule has 0 radical (unpaired) electrons. The Morgan fingerprint density at radius 1 is 1.55 bits per heavy atom. The normalized spacial score (nSPS) is 11.9. The SMILES string of the molecule is Cc1sc(NC(=O)c2csc(C(C)N)n2)c(C#N)c1C. The molecule has 7 heteroatoms. The van der Waals surface area contributed by atoms with Crippen LogP contribution in [0.4, 0.5) is 5.00 Å². The predicted octanol–water partition coefficient (Wildman–Crippen LogP) is 2.97. The van der Waals surface area contributed by atoms with Crippen molar-refractivity contribution in [1.29, 1.82) is 5.26 Å². The highest BCUT2D eigenvalue weighted by Crippen LogP contribution is 2.32. The van der Waals surface area contributed by atoms with Gasteiger partial charge in [-0.1, -0.05) is 0 Å². The second kappa shape index (κ2) is 5.71. The number of nitrogens with one attached hydrogen (secondary N) is 1. The van der Waals surface area contributed by atoms with E-state index in [1.807, 2.05) is 20.8 Å². The molecule has 3 N–H and O–H groups in total. The fourth-order valence-electron chi connectivity index (χ4n) is 1.62. The van der Waals surface area contributed by atoms with Crippen molar-refractivity contribution >= 4 is 33.6 Å². The van der Waals surface area contributed by atoms with Crippen LogP contribution < -0.4 is 11.1 Å². The first-order valence-corrected chi connectivity index (χ1v) is 7.66. The standard InChI is InChI=1S/C13H14N4OS2/c1-6-8(3)20-13(9(6)4-14)17-11(18)10-5-19-12(16-10)7(2)15/h5,7H,15H2,1-3H3,(H,17,18). The highest BCUT2D eigenvalue weighted by molar-refractivity contribution is 7.16. The van der Waals surface area contributed by atoms with Crippen LogP contribution in [0.2, 0.25) is 0 Å². The second-order valence-electron chi connectivity index (χ2n) is 4.41. The Labute approximate surface area is 125 Å². The first kappa shape index (κ1) is 14.7. The summed E-state index contributed by atoms with van der Waals surface area (Å²) in [5, 5.41) is 14.9. The van der Waals surface area contributed by atoms with E-state index in [-0.39, 0.29) is 11.9 Å². The minimum absolute atomic E-state index is 0.192. The number of carbonyl (C=O) groups is 1. The van der Waals surface area contributed by atoms with Gasteiger partial charge in [0.05, 0.1) is 11.6 Å². The number of thiazole rings is 1. The third-order valence-electron chi connectivity index (χ3n) is 2.87. The summed E-state index contributed by atoms with van der Waals surface area (Å²) < 4.78 is 0. The van der Waals surface area contributed by atoms with Gasteiger partial charge in [-0.25, -0.2) is 4.98 Å². The van der Waals surface area contributed by atoms with E-state index in [1.54, 1.807) is 5.38 Å². The van der Waals surface area contributed by atoms with Crippen LogP contribution >= 0.6 is 22.7 Å². The summed E-state index contributed by atoms with van der Waals surface area (Å²) in [7, 11) is 0. The lowest BCUT2D eigenvalue weighted by Crippen LogP contribution is -2.13. The largest absolute Gasteiger partial charge is 0.322 e. The number of hydrogen-bond donors (Lipinski definition) is 2. The van der Waals surface area contributed by atoms with Crippen molar-refractivity contribution in [3.63, 3.8) is 0 Å². The molecule has 2 aromatic rings. The molecule has 0 aliphatic rings. The van der Waals surface area contributed by atoms with E-state index < -0.39 is 0 Å². The van der Waals surface area contributed by atoms with Crippen LogP contribution in [0.1, 0.15) is 44.5 Å². The smallest absolute Gasteiger partial charge is 0.275 e. The number of anilines is 1. The van der Waals surface area contributed by atoms with Gasteiger partial charge in [0.15, 0.2) is 0 Å². The summed E-state index contributed by atoms with van der Waals surface area (Å²) in [6.07, 6.45) is 0. The molecule has 0 bridgehead atoms. The number of rotatable bonds is 3. The number of nitrogens with zero attached hydrogens (tertiary/aromatic N) is 2. The van der Waals surface area contributed by atoms with Crippen LogP contribution in [-0.2, 0) is 0 Å². The zero-order valence-corrected chi connectivity index (χ0v) is 13.0. The molecule has 2 rings (SSSR count). The molecule has 1 amide bonds. The van der Waals surface area contributed by atoms with Crippen LogP contribution in [0.3, 0.4) is 0 Å². The second-order valence-corrected chi connectivity index (χ2v) is 6.53. The number of amides is 1. The average molecular weight is 306 g/mol.